The minimum absolute atomic E-state index is 0.119. The van der Waals surface area contributed by atoms with Gasteiger partial charge in [0, 0.05) is 38.2 Å². The molecular weight excluding hydrogens is 236 g/mol. The summed E-state index contributed by atoms with van der Waals surface area (Å²) in [6.45, 7) is 1.44. The summed E-state index contributed by atoms with van der Waals surface area (Å²) in [4.78, 5) is 17.8. The van der Waals surface area contributed by atoms with Crippen LogP contribution in [0.15, 0.2) is 24.5 Å². The van der Waals surface area contributed by atoms with E-state index in [4.69, 9.17) is 4.74 Å². The second kappa shape index (κ2) is 6.02. The molecule has 1 atom stereocenters. The van der Waals surface area contributed by atoms with E-state index in [-0.39, 0.29) is 11.3 Å². The molecule has 2 rings (SSSR count). The smallest absolute Gasteiger partial charge is 0.233 e. The molecular formula is C12H16N2O2S. The standard InChI is InChI=1S/C12H16N2O2S/c1-16-7-3-6-14-11(15)9-17-12(14)10-4-2-5-13-8-10/h2,4-5,8,12H,3,6-7,9H2,1H3. The Morgan fingerprint density at radius 3 is 3.24 bits per heavy atom. The summed E-state index contributed by atoms with van der Waals surface area (Å²) < 4.78 is 5.02. The number of thioether (sulfide) groups is 1. The first-order valence-corrected chi connectivity index (χ1v) is 6.67. The molecule has 92 valence electrons. The molecule has 1 saturated heterocycles. The molecule has 0 N–H and O–H groups in total. The molecule has 0 spiro atoms. The Morgan fingerprint density at radius 1 is 1.65 bits per heavy atom. The molecule has 1 unspecified atom stereocenters. The molecule has 4 nitrogen and oxygen atoms in total. The highest BCUT2D eigenvalue weighted by Gasteiger charge is 2.32. The lowest BCUT2D eigenvalue weighted by Crippen LogP contribution is -2.29. The van der Waals surface area contributed by atoms with E-state index in [0.29, 0.717) is 12.4 Å². The van der Waals surface area contributed by atoms with Crippen molar-refractivity contribution in [3.05, 3.63) is 30.1 Å². The van der Waals surface area contributed by atoms with Crippen molar-refractivity contribution in [3.63, 3.8) is 0 Å². The highest BCUT2D eigenvalue weighted by atomic mass is 32.2. The molecule has 0 radical (unpaired) electrons. The summed E-state index contributed by atoms with van der Waals surface area (Å²) in [6.07, 6.45) is 4.46. The van der Waals surface area contributed by atoms with Gasteiger partial charge < -0.3 is 9.64 Å². The Morgan fingerprint density at radius 2 is 2.53 bits per heavy atom. The lowest BCUT2D eigenvalue weighted by Gasteiger charge is -2.23. The summed E-state index contributed by atoms with van der Waals surface area (Å²) in [6, 6.07) is 3.93. The third-order valence-corrected chi connectivity index (χ3v) is 3.94. The van der Waals surface area contributed by atoms with Crippen LogP contribution in [0.2, 0.25) is 0 Å². The zero-order valence-corrected chi connectivity index (χ0v) is 10.7. The number of hydrogen-bond acceptors (Lipinski definition) is 4. The van der Waals surface area contributed by atoms with Gasteiger partial charge in [0.05, 0.1) is 5.75 Å². The van der Waals surface area contributed by atoms with E-state index in [1.807, 2.05) is 23.2 Å². The fraction of sp³-hybridized carbons (Fsp3) is 0.500. The van der Waals surface area contributed by atoms with E-state index in [0.717, 1.165) is 18.5 Å². The maximum Gasteiger partial charge on any atom is 0.233 e. The Bertz CT molecular complexity index is 372. The van der Waals surface area contributed by atoms with Crippen molar-refractivity contribution in [3.8, 4) is 0 Å². The molecule has 17 heavy (non-hydrogen) atoms. The van der Waals surface area contributed by atoms with Gasteiger partial charge in [0.2, 0.25) is 5.91 Å². The number of nitrogens with zero attached hydrogens (tertiary/aromatic N) is 2. The summed E-state index contributed by atoms with van der Waals surface area (Å²) in [5, 5.41) is 0.119. The highest BCUT2D eigenvalue weighted by Crippen LogP contribution is 2.37. The number of methoxy groups -OCH3 is 1. The Labute approximate surface area is 105 Å². The number of amides is 1. The van der Waals surface area contributed by atoms with Crippen molar-refractivity contribution in [2.45, 2.75) is 11.8 Å². The van der Waals surface area contributed by atoms with Crippen molar-refractivity contribution < 1.29 is 9.53 Å². The third kappa shape index (κ3) is 2.98. The Hall–Kier alpha value is -1.07. The zero-order chi connectivity index (χ0) is 12.1. The number of rotatable bonds is 5. The molecule has 1 aromatic heterocycles. The van der Waals surface area contributed by atoms with Crippen LogP contribution in [0.4, 0.5) is 0 Å². The van der Waals surface area contributed by atoms with Gasteiger partial charge >= 0.3 is 0 Å². The summed E-state index contributed by atoms with van der Waals surface area (Å²) in [5.74, 6) is 0.770. The monoisotopic (exact) mass is 252 g/mol. The van der Waals surface area contributed by atoms with Crippen LogP contribution >= 0.6 is 11.8 Å². The molecule has 5 heteroatoms. The SMILES string of the molecule is COCCCN1C(=O)CSC1c1cccnc1. The molecule has 0 aromatic carbocycles. The average Bonchev–Trinajstić information content (AvgIpc) is 2.73. The topological polar surface area (TPSA) is 42.4 Å². The fourth-order valence-corrected chi connectivity index (χ4v) is 3.07. The average molecular weight is 252 g/mol. The van der Waals surface area contributed by atoms with Crippen molar-refractivity contribution in [2.75, 3.05) is 26.0 Å². The van der Waals surface area contributed by atoms with Gasteiger partial charge in [-0.3, -0.25) is 9.78 Å². The van der Waals surface area contributed by atoms with Gasteiger partial charge in [-0.1, -0.05) is 6.07 Å². The minimum atomic E-state index is 0.119. The van der Waals surface area contributed by atoms with Crippen LogP contribution in [-0.2, 0) is 9.53 Å². The van der Waals surface area contributed by atoms with E-state index < -0.39 is 0 Å². The molecule has 2 heterocycles. The van der Waals surface area contributed by atoms with Gasteiger partial charge in [0.15, 0.2) is 0 Å². The molecule has 1 fully saturated rings. The predicted molar refractivity (Wildman–Crippen MR) is 67.6 cm³/mol. The normalized spacial score (nSPS) is 19.9. The molecule has 0 saturated carbocycles. The zero-order valence-electron chi connectivity index (χ0n) is 9.83. The maximum atomic E-state index is 11.8. The molecule has 1 aliphatic heterocycles. The number of pyridine rings is 1. The van der Waals surface area contributed by atoms with Gasteiger partial charge in [-0.2, -0.15) is 0 Å². The second-order valence-corrected chi connectivity index (χ2v) is 4.95. The first kappa shape index (κ1) is 12.4. The largest absolute Gasteiger partial charge is 0.385 e. The van der Waals surface area contributed by atoms with E-state index in [9.17, 15) is 4.79 Å². The number of hydrogen-bond donors (Lipinski definition) is 0. The maximum absolute atomic E-state index is 11.8. The second-order valence-electron chi connectivity index (χ2n) is 3.88. The summed E-state index contributed by atoms with van der Waals surface area (Å²) in [7, 11) is 1.68. The van der Waals surface area contributed by atoms with E-state index in [1.165, 1.54) is 0 Å². The van der Waals surface area contributed by atoms with Gasteiger partial charge in [0.25, 0.3) is 0 Å². The van der Waals surface area contributed by atoms with Gasteiger partial charge in [0.1, 0.15) is 5.37 Å². The predicted octanol–water partition coefficient (Wildman–Crippen LogP) is 1.69. The Balaban J connectivity index is 2.03. The Kier molecular flexibility index (Phi) is 4.39. The van der Waals surface area contributed by atoms with Crippen molar-refractivity contribution in [2.24, 2.45) is 0 Å². The summed E-state index contributed by atoms with van der Waals surface area (Å²) >= 11 is 1.67. The first-order valence-electron chi connectivity index (χ1n) is 5.63. The number of carbonyl (C=O) groups is 1. The van der Waals surface area contributed by atoms with Gasteiger partial charge in [-0.05, 0) is 12.5 Å². The first-order chi connectivity index (χ1) is 8.33. The van der Waals surface area contributed by atoms with Crippen LogP contribution in [-0.4, -0.2) is 41.8 Å². The molecule has 0 aliphatic carbocycles. The molecule has 1 aliphatic rings. The van der Waals surface area contributed by atoms with E-state index >= 15 is 0 Å². The highest BCUT2D eigenvalue weighted by molar-refractivity contribution is 8.00. The molecule has 1 amide bonds. The lowest BCUT2D eigenvalue weighted by atomic mass is 10.2. The van der Waals surface area contributed by atoms with Crippen molar-refractivity contribution in [1.82, 2.24) is 9.88 Å². The minimum Gasteiger partial charge on any atom is -0.385 e. The van der Waals surface area contributed by atoms with Gasteiger partial charge in [-0.25, -0.2) is 0 Å². The quantitative estimate of drug-likeness (QED) is 0.748. The van der Waals surface area contributed by atoms with Crippen LogP contribution < -0.4 is 0 Å². The lowest BCUT2D eigenvalue weighted by molar-refractivity contribution is -0.128. The summed E-state index contributed by atoms with van der Waals surface area (Å²) in [5.41, 5.74) is 1.10. The van der Waals surface area contributed by atoms with Crippen molar-refractivity contribution in [1.29, 1.82) is 0 Å². The van der Waals surface area contributed by atoms with E-state index in [1.54, 1.807) is 25.1 Å². The van der Waals surface area contributed by atoms with Crippen molar-refractivity contribution >= 4 is 17.7 Å². The number of ether oxygens (including phenoxy) is 1. The van der Waals surface area contributed by atoms with Crippen LogP contribution in [0.3, 0.4) is 0 Å². The number of aromatic nitrogens is 1. The third-order valence-electron chi connectivity index (χ3n) is 2.69. The molecule has 1 aromatic rings. The van der Waals surface area contributed by atoms with Crippen LogP contribution in [0, 0.1) is 0 Å². The molecule has 0 bridgehead atoms. The van der Waals surface area contributed by atoms with Gasteiger partial charge in [-0.15, -0.1) is 11.8 Å². The van der Waals surface area contributed by atoms with Crippen LogP contribution in [0.5, 0.6) is 0 Å². The van der Waals surface area contributed by atoms with E-state index in [2.05, 4.69) is 4.98 Å². The number of carbonyl (C=O) groups excluding carboxylic acids is 1. The van der Waals surface area contributed by atoms with Crippen LogP contribution in [0.1, 0.15) is 17.4 Å². The fourth-order valence-electron chi connectivity index (χ4n) is 1.87. The van der Waals surface area contributed by atoms with Crippen LogP contribution in [0.25, 0.3) is 0 Å².